The summed E-state index contributed by atoms with van der Waals surface area (Å²) in [6.07, 6.45) is 5.14. The average molecular weight is 499 g/mol. The highest BCUT2D eigenvalue weighted by atomic mass is 35.5. The lowest BCUT2D eigenvalue weighted by molar-refractivity contribution is -0.156. The molecule has 33 heavy (non-hydrogen) atoms. The van der Waals surface area contributed by atoms with E-state index in [2.05, 4.69) is 12.2 Å². The van der Waals surface area contributed by atoms with E-state index in [1.807, 2.05) is 20.8 Å². The predicted molar refractivity (Wildman–Crippen MR) is 126 cm³/mol. The first-order valence-electron chi connectivity index (χ1n) is 11.5. The number of fused-ring (bicyclic) bond motifs is 1. The Balaban J connectivity index is 1.56. The molecule has 2 heterocycles. The second-order valence-corrected chi connectivity index (χ2v) is 11.3. The molecular weight excluding hydrogens is 467 g/mol. The van der Waals surface area contributed by atoms with Crippen LogP contribution < -0.4 is 5.32 Å². The van der Waals surface area contributed by atoms with Crippen LogP contribution in [-0.4, -0.2) is 39.6 Å². The normalized spacial score (nSPS) is 22.5. The second-order valence-electron chi connectivity index (χ2n) is 10.6. The number of esters is 1. The smallest absolute Gasteiger partial charge is 0.306 e. The maximum Gasteiger partial charge on any atom is 0.306 e. The Labute approximate surface area is 204 Å². The van der Waals surface area contributed by atoms with Crippen LogP contribution in [0.15, 0.2) is 0 Å². The maximum absolute atomic E-state index is 12.9. The number of carbonyl (C=O) groups excluding carboxylic acids is 4. The molecule has 1 fully saturated rings. The van der Waals surface area contributed by atoms with Crippen molar-refractivity contribution < 1.29 is 23.9 Å². The van der Waals surface area contributed by atoms with Crippen LogP contribution in [0.2, 0.25) is 5.02 Å². The molecule has 0 spiro atoms. The summed E-state index contributed by atoms with van der Waals surface area (Å²) in [6.45, 7) is 8.52. The number of rotatable bonds is 7. The topological polar surface area (TPSA) is 94.5 Å². The number of ether oxygens (including phenoxy) is 1. The standard InChI is InChI=1S/C24H32Cl2N2O5/c1-23(2,3)33-16(29)12-14-7-9-24(4,10-8-14)13-27-22(32)20(30)19-18(25)17(21(26)31)15-6-5-11-28(15)19/h14H,5-13H2,1-4H3,(H,27,32)/t14-,24-. The zero-order chi connectivity index (χ0) is 24.6. The fourth-order valence-corrected chi connectivity index (χ4v) is 5.46. The first kappa shape index (κ1) is 25.8. The monoisotopic (exact) mass is 498 g/mol. The number of carbonyl (C=O) groups is 4. The van der Waals surface area contributed by atoms with Gasteiger partial charge in [0.15, 0.2) is 0 Å². The Bertz CT molecular complexity index is 968. The summed E-state index contributed by atoms with van der Waals surface area (Å²) in [5.74, 6) is -1.41. The molecule has 3 rings (SSSR count). The van der Waals surface area contributed by atoms with Crippen molar-refractivity contribution in [3.8, 4) is 0 Å². The fourth-order valence-electron chi connectivity index (χ4n) is 4.82. The third kappa shape index (κ3) is 5.99. The van der Waals surface area contributed by atoms with Crippen molar-refractivity contribution in [3.63, 3.8) is 0 Å². The minimum absolute atomic E-state index is 0.0388. The zero-order valence-electron chi connectivity index (χ0n) is 19.7. The van der Waals surface area contributed by atoms with Gasteiger partial charge < -0.3 is 14.6 Å². The molecule has 1 aromatic heterocycles. The number of nitrogens with zero attached hydrogens (tertiary/aromatic N) is 1. The van der Waals surface area contributed by atoms with Gasteiger partial charge in [-0.25, -0.2) is 0 Å². The van der Waals surface area contributed by atoms with E-state index in [-0.39, 0.29) is 33.6 Å². The predicted octanol–water partition coefficient (Wildman–Crippen LogP) is 4.69. The molecule has 0 radical (unpaired) electrons. The molecule has 1 aliphatic carbocycles. The number of ketones is 1. The summed E-state index contributed by atoms with van der Waals surface area (Å²) in [7, 11) is 0. The van der Waals surface area contributed by atoms with Crippen LogP contribution in [0.4, 0.5) is 0 Å². The Morgan fingerprint density at radius 3 is 2.39 bits per heavy atom. The van der Waals surface area contributed by atoms with E-state index in [0.29, 0.717) is 31.6 Å². The van der Waals surface area contributed by atoms with Crippen molar-refractivity contribution in [2.24, 2.45) is 11.3 Å². The number of aromatic nitrogens is 1. The van der Waals surface area contributed by atoms with Gasteiger partial charge in [-0.3, -0.25) is 19.2 Å². The fraction of sp³-hybridized carbons (Fsp3) is 0.667. The molecule has 1 N–H and O–H groups in total. The molecule has 1 saturated carbocycles. The lowest BCUT2D eigenvalue weighted by Crippen LogP contribution is -2.41. The Kier molecular flexibility index (Phi) is 7.64. The highest BCUT2D eigenvalue weighted by Crippen LogP contribution is 2.40. The Morgan fingerprint density at radius 2 is 1.82 bits per heavy atom. The van der Waals surface area contributed by atoms with Crippen LogP contribution in [0.1, 0.15) is 92.8 Å². The first-order chi connectivity index (χ1) is 15.3. The van der Waals surface area contributed by atoms with Crippen LogP contribution in [-0.2, 0) is 27.3 Å². The molecular formula is C24H32Cl2N2O5. The molecule has 0 saturated heterocycles. The van der Waals surface area contributed by atoms with E-state index in [0.717, 1.165) is 32.1 Å². The first-order valence-corrected chi connectivity index (χ1v) is 12.2. The molecule has 1 aliphatic heterocycles. The quantitative estimate of drug-likeness (QED) is 0.254. The van der Waals surface area contributed by atoms with Crippen LogP contribution in [0, 0.1) is 11.3 Å². The largest absolute Gasteiger partial charge is 0.460 e. The molecule has 9 heteroatoms. The number of Topliss-reactive ketones (excluding diaryl/α,β-unsaturated/α-hetero) is 1. The number of hydrogen-bond acceptors (Lipinski definition) is 5. The number of amides is 1. The van der Waals surface area contributed by atoms with Crippen molar-refractivity contribution >= 4 is 46.1 Å². The van der Waals surface area contributed by atoms with E-state index >= 15 is 0 Å². The summed E-state index contributed by atoms with van der Waals surface area (Å²) >= 11 is 12.0. The molecule has 1 aromatic rings. The van der Waals surface area contributed by atoms with E-state index in [4.69, 9.17) is 27.9 Å². The third-order valence-electron chi connectivity index (χ3n) is 6.59. The van der Waals surface area contributed by atoms with Gasteiger partial charge in [0.25, 0.3) is 16.9 Å². The number of nitrogens with one attached hydrogen (secondary N) is 1. The van der Waals surface area contributed by atoms with Gasteiger partial charge >= 0.3 is 5.97 Å². The molecule has 182 valence electrons. The van der Waals surface area contributed by atoms with Crippen LogP contribution in [0.3, 0.4) is 0 Å². The van der Waals surface area contributed by atoms with E-state index < -0.39 is 22.5 Å². The highest BCUT2D eigenvalue weighted by molar-refractivity contribution is 6.69. The van der Waals surface area contributed by atoms with Gasteiger partial charge in [0, 0.05) is 25.2 Å². The van der Waals surface area contributed by atoms with E-state index in [9.17, 15) is 19.2 Å². The SMILES string of the molecule is CC(C)(C)OC(=O)C[C@H]1CC[C@](C)(CNC(=O)C(=O)c2c(Cl)c(C(=O)Cl)c3n2CCC3)CC1. The van der Waals surface area contributed by atoms with E-state index in [1.54, 1.807) is 4.57 Å². The summed E-state index contributed by atoms with van der Waals surface area (Å²) in [6, 6.07) is 0. The van der Waals surface area contributed by atoms with Gasteiger partial charge in [-0.05, 0) is 82.2 Å². The summed E-state index contributed by atoms with van der Waals surface area (Å²) in [5.41, 5.74) is 0.131. The maximum atomic E-state index is 12.9. The summed E-state index contributed by atoms with van der Waals surface area (Å²) in [5, 5.41) is 2.00. The molecule has 0 aromatic carbocycles. The van der Waals surface area contributed by atoms with Gasteiger partial charge in [-0.1, -0.05) is 18.5 Å². The Hall–Kier alpha value is -1.86. The molecule has 1 amide bonds. The van der Waals surface area contributed by atoms with Crippen LogP contribution in [0.25, 0.3) is 0 Å². The Morgan fingerprint density at radius 1 is 1.18 bits per heavy atom. The zero-order valence-corrected chi connectivity index (χ0v) is 21.2. The second kappa shape index (κ2) is 9.79. The van der Waals surface area contributed by atoms with Crippen molar-refractivity contribution in [1.82, 2.24) is 9.88 Å². The van der Waals surface area contributed by atoms with Gasteiger partial charge in [0.1, 0.15) is 11.3 Å². The average Bonchev–Trinajstić information content (AvgIpc) is 3.25. The highest BCUT2D eigenvalue weighted by Gasteiger charge is 2.36. The minimum atomic E-state index is -0.755. The third-order valence-corrected chi connectivity index (χ3v) is 7.15. The van der Waals surface area contributed by atoms with Gasteiger partial charge in [-0.15, -0.1) is 0 Å². The number of halogens is 2. The van der Waals surface area contributed by atoms with Gasteiger partial charge in [-0.2, -0.15) is 0 Å². The lowest BCUT2D eigenvalue weighted by Gasteiger charge is -2.37. The van der Waals surface area contributed by atoms with E-state index in [1.165, 1.54) is 0 Å². The molecule has 0 bridgehead atoms. The summed E-state index contributed by atoms with van der Waals surface area (Å²) < 4.78 is 7.06. The molecule has 7 nitrogen and oxygen atoms in total. The van der Waals surface area contributed by atoms with Gasteiger partial charge in [0.2, 0.25) is 0 Å². The summed E-state index contributed by atoms with van der Waals surface area (Å²) in [4.78, 5) is 49.5. The van der Waals surface area contributed by atoms with Crippen molar-refractivity contribution in [1.29, 1.82) is 0 Å². The van der Waals surface area contributed by atoms with Crippen molar-refractivity contribution in [2.45, 2.75) is 84.8 Å². The molecule has 0 unspecified atom stereocenters. The molecule has 2 aliphatic rings. The van der Waals surface area contributed by atoms with Gasteiger partial charge in [0.05, 0.1) is 10.6 Å². The minimum Gasteiger partial charge on any atom is -0.460 e. The van der Waals surface area contributed by atoms with Crippen molar-refractivity contribution in [3.05, 3.63) is 22.0 Å². The van der Waals surface area contributed by atoms with Crippen LogP contribution in [0.5, 0.6) is 0 Å². The lowest BCUT2D eigenvalue weighted by atomic mass is 9.71. The van der Waals surface area contributed by atoms with Crippen LogP contribution >= 0.6 is 23.2 Å². The number of hydrogen-bond donors (Lipinski definition) is 1. The van der Waals surface area contributed by atoms with Crippen molar-refractivity contribution in [2.75, 3.05) is 6.54 Å². The molecule has 0 atom stereocenters.